The van der Waals surface area contributed by atoms with E-state index in [9.17, 15) is 27.2 Å². The normalized spacial score (nSPS) is 15.4. The highest BCUT2D eigenvalue weighted by Gasteiger charge is 2.40. The summed E-state index contributed by atoms with van der Waals surface area (Å²) in [6, 6.07) is 17.7. The average molecular weight is 557 g/mol. The third kappa shape index (κ3) is 7.40. The van der Waals surface area contributed by atoms with Crippen molar-refractivity contribution in [2.75, 3.05) is 0 Å². The van der Waals surface area contributed by atoms with Gasteiger partial charge < -0.3 is 15.7 Å². The molecular weight excluding hydrogens is 524 g/mol. The lowest BCUT2D eigenvalue weighted by Crippen LogP contribution is -2.53. The van der Waals surface area contributed by atoms with E-state index in [1.54, 1.807) is 54.6 Å². The number of carboxylic acids is 1. The summed E-state index contributed by atoms with van der Waals surface area (Å²) in [5.41, 5.74) is -0.701. The maximum Gasteiger partial charge on any atom is 0.416 e. The lowest BCUT2D eigenvalue weighted by Gasteiger charge is -2.37. The van der Waals surface area contributed by atoms with E-state index in [2.05, 4.69) is 10.6 Å². The number of urea groups is 1. The molecule has 0 saturated heterocycles. The van der Waals surface area contributed by atoms with E-state index >= 15 is 0 Å². The molecule has 0 radical (unpaired) electrons. The number of aliphatic carboxylic acids is 1. The zero-order chi connectivity index (χ0) is 28.8. The first-order valence-electron chi connectivity index (χ1n) is 13.4. The van der Waals surface area contributed by atoms with Gasteiger partial charge >= 0.3 is 18.2 Å². The van der Waals surface area contributed by atoms with Crippen LogP contribution in [-0.4, -0.2) is 23.1 Å². The predicted molar refractivity (Wildman–Crippen MR) is 143 cm³/mol. The fourth-order valence-corrected chi connectivity index (χ4v) is 5.35. The Balaban J connectivity index is 1.83. The lowest BCUT2D eigenvalue weighted by atomic mass is 9.77. The Hall–Kier alpha value is -3.88. The van der Waals surface area contributed by atoms with Crippen LogP contribution in [0.3, 0.4) is 0 Å². The maximum absolute atomic E-state index is 14.8. The molecule has 1 fully saturated rings. The molecule has 1 aliphatic carbocycles. The summed E-state index contributed by atoms with van der Waals surface area (Å²) >= 11 is 0. The largest absolute Gasteiger partial charge is 0.481 e. The van der Waals surface area contributed by atoms with Crippen LogP contribution < -0.4 is 10.6 Å². The van der Waals surface area contributed by atoms with Gasteiger partial charge in [0.05, 0.1) is 11.1 Å². The number of rotatable bonds is 10. The third-order valence-electron chi connectivity index (χ3n) is 7.35. The number of aryl methyl sites for hydroxylation is 1. The van der Waals surface area contributed by atoms with E-state index in [1.807, 2.05) is 0 Å². The van der Waals surface area contributed by atoms with Gasteiger partial charge in [-0.3, -0.25) is 4.79 Å². The van der Waals surface area contributed by atoms with Gasteiger partial charge in [-0.05, 0) is 66.1 Å². The van der Waals surface area contributed by atoms with Gasteiger partial charge in [0, 0.05) is 18.9 Å². The molecule has 212 valence electrons. The number of nitrogens with one attached hydrogen (secondary N) is 2. The molecule has 1 unspecified atom stereocenters. The summed E-state index contributed by atoms with van der Waals surface area (Å²) in [4.78, 5) is 24.3. The molecule has 2 amide bonds. The standard InChI is InChI=1S/C31H32F4N2O3/c32-26-18-24(17-25(19-26)31(33,34)35)30(20-22-7-2-1-3-8-22,37-29(40)36-27-10-4-5-11-27)23-15-13-21(14-16-23)9-6-12-28(38)39/h1-3,7-8,13-19,27H,4-6,9-12,20H2,(H,38,39)(H2,36,37,40). The summed E-state index contributed by atoms with van der Waals surface area (Å²) < 4.78 is 56.3. The van der Waals surface area contributed by atoms with Gasteiger partial charge in [0.25, 0.3) is 0 Å². The van der Waals surface area contributed by atoms with Crippen LogP contribution in [0.15, 0.2) is 72.8 Å². The van der Waals surface area contributed by atoms with Crippen LogP contribution in [0.5, 0.6) is 0 Å². The Bertz CT molecular complexity index is 1310. The minimum absolute atomic E-state index is 0.00605. The molecule has 0 aromatic heterocycles. The van der Waals surface area contributed by atoms with Crippen LogP contribution in [0.2, 0.25) is 0 Å². The average Bonchev–Trinajstić information content (AvgIpc) is 3.41. The number of hydrogen-bond acceptors (Lipinski definition) is 2. The second-order valence-electron chi connectivity index (χ2n) is 10.3. The Labute approximate surface area is 230 Å². The van der Waals surface area contributed by atoms with E-state index < -0.39 is 35.1 Å². The first kappa shape index (κ1) is 29.1. The topological polar surface area (TPSA) is 78.4 Å². The lowest BCUT2D eigenvalue weighted by molar-refractivity contribution is -0.138. The number of carboxylic acid groups (broad SMARTS) is 1. The van der Waals surface area contributed by atoms with E-state index in [4.69, 9.17) is 5.11 Å². The fraction of sp³-hybridized carbons (Fsp3) is 0.355. The van der Waals surface area contributed by atoms with Crippen molar-refractivity contribution in [2.24, 2.45) is 0 Å². The van der Waals surface area contributed by atoms with Gasteiger partial charge in [-0.1, -0.05) is 67.4 Å². The van der Waals surface area contributed by atoms with E-state index in [1.165, 1.54) is 0 Å². The van der Waals surface area contributed by atoms with Crippen molar-refractivity contribution in [1.29, 1.82) is 0 Å². The molecule has 0 spiro atoms. The molecule has 40 heavy (non-hydrogen) atoms. The Kier molecular flexibility index (Phi) is 9.12. The molecule has 4 rings (SSSR count). The van der Waals surface area contributed by atoms with Crippen LogP contribution in [0.1, 0.15) is 66.3 Å². The van der Waals surface area contributed by atoms with Gasteiger partial charge in [0.15, 0.2) is 0 Å². The molecule has 1 atom stereocenters. The summed E-state index contributed by atoms with van der Waals surface area (Å²) in [6.07, 6.45) is -0.251. The first-order chi connectivity index (χ1) is 19.0. The quantitative estimate of drug-likeness (QED) is 0.236. The Morgan fingerprint density at radius 1 is 0.850 bits per heavy atom. The molecule has 3 N–H and O–H groups in total. The summed E-state index contributed by atoms with van der Waals surface area (Å²) in [5.74, 6) is -1.96. The third-order valence-corrected chi connectivity index (χ3v) is 7.35. The molecule has 0 aliphatic heterocycles. The Morgan fingerprint density at radius 2 is 1.50 bits per heavy atom. The number of alkyl halides is 3. The molecule has 5 nitrogen and oxygen atoms in total. The highest BCUT2D eigenvalue weighted by molar-refractivity contribution is 5.76. The van der Waals surface area contributed by atoms with Crippen molar-refractivity contribution < 1.29 is 32.3 Å². The van der Waals surface area contributed by atoms with Crippen molar-refractivity contribution in [3.8, 4) is 0 Å². The van der Waals surface area contributed by atoms with Crippen molar-refractivity contribution in [2.45, 2.75) is 69.1 Å². The zero-order valence-electron chi connectivity index (χ0n) is 21.9. The second kappa shape index (κ2) is 12.5. The highest BCUT2D eigenvalue weighted by Crippen LogP contribution is 2.38. The molecular formula is C31H32F4N2O3. The smallest absolute Gasteiger partial charge is 0.416 e. The molecule has 3 aromatic carbocycles. The van der Waals surface area contributed by atoms with Gasteiger partial charge in [-0.15, -0.1) is 0 Å². The van der Waals surface area contributed by atoms with Crippen LogP contribution in [0, 0.1) is 5.82 Å². The van der Waals surface area contributed by atoms with Gasteiger partial charge in [-0.25, -0.2) is 9.18 Å². The van der Waals surface area contributed by atoms with E-state index in [-0.39, 0.29) is 24.4 Å². The molecule has 9 heteroatoms. The van der Waals surface area contributed by atoms with Crippen LogP contribution >= 0.6 is 0 Å². The summed E-state index contributed by atoms with van der Waals surface area (Å²) in [6.45, 7) is 0. The molecule has 3 aromatic rings. The van der Waals surface area contributed by atoms with Crippen molar-refractivity contribution in [3.05, 3.63) is 106 Å². The SMILES string of the molecule is O=C(O)CCCc1ccc(C(Cc2ccccc2)(NC(=O)NC2CCCC2)c2cc(F)cc(C(F)(F)F)c2)cc1. The van der Waals surface area contributed by atoms with Crippen molar-refractivity contribution >= 4 is 12.0 Å². The first-order valence-corrected chi connectivity index (χ1v) is 13.4. The zero-order valence-corrected chi connectivity index (χ0v) is 21.9. The predicted octanol–water partition coefficient (Wildman–Crippen LogP) is 6.98. The van der Waals surface area contributed by atoms with Crippen molar-refractivity contribution in [3.63, 3.8) is 0 Å². The van der Waals surface area contributed by atoms with Crippen LogP contribution in [0.25, 0.3) is 0 Å². The van der Waals surface area contributed by atoms with E-state index in [0.717, 1.165) is 48.9 Å². The molecule has 1 saturated carbocycles. The number of benzene rings is 3. The molecule has 1 aliphatic rings. The minimum atomic E-state index is -4.80. The second-order valence-corrected chi connectivity index (χ2v) is 10.3. The fourth-order valence-electron chi connectivity index (χ4n) is 5.35. The summed E-state index contributed by atoms with van der Waals surface area (Å²) in [5, 5.41) is 14.8. The number of amides is 2. The number of halogens is 4. The summed E-state index contributed by atoms with van der Waals surface area (Å²) in [7, 11) is 0. The van der Waals surface area contributed by atoms with Crippen LogP contribution in [-0.2, 0) is 29.4 Å². The molecule has 0 bridgehead atoms. The monoisotopic (exact) mass is 556 g/mol. The number of hydrogen-bond donors (Lipinski definition) is 3. The van der Waals surface area contributed by atoms with Crippen LogP contribution in [0.4, 0.5) is 22.4 Å². The Morgan fingerprint density at radius 3 is 2.12 bits per heavy atom. The minimum Gasteiger partial charge on any atom is -0.481 e. The number of carbonyl (C=O) groups is 2. The highest BCUT2D eigenvalue weighted by atomic mass is 19.4. The molecule has 0 heterocycles. The maximum atomic E-state index is 14.8. The van der Waals surface area contributed by atoms with E-state index in [0.29, 0.717) is 24.5 Å². The van der Waals surface area contributed by atoms with Gasteiger partial charge in [0.1, 0.15) is 5.82 Å². The van der Waals surface area contributed by atoms with Gasteiger partial charge in [0.2, 0.25) is 0 Å². The van der Waals surface area contributed by atoms with Gasteiger partial charge in [-0.2, -0.15) is 13.2 Å². The number of carbonyl (C=O) groups excluding carboxylic acids is 1. The van der Waals surface area contributed by atoms with Crippen molar-refractivity contribution in [1.82, 2.24) is 10.6 Å².